The predicted molar refractivity (Wildman–Crippen MR) is 132 cm³/mol. The molecule has 0 saturated carbocycles. The van der Waals surface area contributed by atoms with Crippen molar-refractivity contribution < 1.29 is 27.1 Å². The molecule has 3 heterocycles. The Morgan fingerprint density at radius 1 is 1.08 bits per heavy atom. The van der Waals surface area contributed by atoms with Crippen molar-refractivity contribution in [3.8, 4) is 17.2 Å². The van der Waals surface area contributed by atoms with E-state index in [9.17, 15) is 18.0 Å². The number of benzene rings is 2. The van der Waals surface area contributed by atoms with E-state index in [-0.39, 0.29) is 34.0 Å². The molecular formula is C26H16Cl2F3N3O3. The number of nitrogens with zero attached hydrogens (tertiary/aromatic N) is 3. The third-order valence-electron chi connectivity index (χ3n) is 5.73. The van der Waals surface area contributed by atoms with E-state index in [4.69, 9.17) is 32.4 Å². The van der Waals surface area contributed by atoms with Crippen molar-refractivity contribution in [2.45, 2.75) is 12.7 Å². The Morgan fingerprint density at radius 2 is 1.89 bits per heavy atom. The molecule has 0 fully saturated rings. The van der Waals surface area contributed by atoms with E-state index in [2.05, 4.69) is 9.97 Å². The number of aromatic nitrogens is 3. The van der Waals surface area contributed by atoms with Crippen molar-refractivity contribution in [2.24, 2.45) is 0 Å². The largest absolute Gasteiger partial charge is 0.497 e. The second kappa shape index (κ2) is 9.57. The van der Waals surface area contributed by atoms with E-state index >= 15 is 0 Å². The summed E-state index contributed by atoms with van der Waals surface area (Å²) in [5.74, 6) is -1.11. The first-order valence-electron chi connectivity index (χ1n) is 10.8. The maximum absolute atomic E-state index is 14.6. The first-order valence-corrected chi connectivity index (χ1v) is 11.6. The molecule has 0 saturated heterocycles. The number of hydrogen-bond acceptors (Lipinski definition) is 5. The van der Waals surface area contributed by atoms with Crippen LogP contribution in [0.3, 0.4) is 0 Å². The summed E-state index contributed by atoms with van der Waals surface area (Å²) in [5.41, 5.74) is -0.854. The van der Waals surface area contributed by atoms with Gasteiger partial charge >= 0.3 is 6.18 Å². The number of halogens is 5. The summed E-state index contributed by atoms with van der Waals surface area (Å²) in [5, 5.41) is 0.561. The van der Waals surface area contributed by atoms with Crippen LogP contribution in [-0.4, -0.2) is 27.4 Å². The van der Waals surface area contributed by atoms with Crippen LogP contribution in [0.1, 0.15) is 27.5 Å². The molecule has 0 aliphatic carbocycles. The average molecular weight is 546 g/mol. The Morgan fingerprint density at radius 3 is 2.57 bits per heavy atom. The van der Waals surface area contributed by atoms with Crippen LogP contribution in [0.4, 0.5) is 13.2 Å². The summed E-state index contributed by atoms with van der Waals surface area (Å²) in [7, 11) is 1.38. The smallest absolute Gasteiger partial charge is 0.432 e. The first-order chi connectivity index (χ1) is 17.7. The van der Waals surface area contributed by atoms with Gasteiger partial charge in [-0.2, -0.15) is 13.2 Å². The SMILES string of the molecule is COc1ccc2c(c1)c(C(=O)c1ncc(-c3ccccn3)o1)c(C(F)(F)F)n2Cc1ccc(Cl)cc1Cl. The zero-order valence-corrected chi connectivity index (χ0v) is 20.5. The molecule has 0 aliphatic heterocycles. The van der Waals surface area contributed by atoms with E-state index in [0.29, 0.717) is 16.3 Å². The fourth-order valence-electron chi connectivity index (χ4n) is 4.08. The number of methoxy groups -OCH3 is 1. The van der Waals surface area contributed by atoms with Crippen molar-refractivity contribution in [1.82, 2.24) is 14.5 Å². The number of rotatable bonds is 6. The molecule has 0 amide bonds. The van der Waals surface area contributed by atoms with Gasteiger partial charge in [-0.15, -0.1) is 0 Å². The molecule has 0 spiro atoms. The molecule has 3 aromatic heterocycles. The Labute approximate surface area is 218 Å². The van der Waals surface area contributed by atoms with E-state index in [1.165, 1.54) is 55.9 Å². The minimum atomic E-state index is -4.91. The highest BCUT2D eigenvalue weighted by molar-refractivity contribution is 6.35. The second-order valence-electron chi connectivity index (χ2n) is 8.00. The molecule has 5 aromatic rings. The van der Waals surface area contributed by atoms with Gasteiger partial charge in [0.15, 0.2) is 5.76 Å². The van der Waals surface area contributed by atoms with Crippen molar-refractivity contribution >= 4 is 39.9 Å². The van der Waals surface area contributed by atoms with Crippen molar-refractivity contribution in [3.63, 3.8) is 0 Å². The lowest BCUT2D eigenvalue weighted by atomic mass is 10.1. The van der Waals surface area contributed by atoms with E-state index in [0.717, 1.165) is 4.57 Å². The maximum atomic E-state index is 14.6. The summed E-state index contributed by atoms with van der Waals surface area (Å²) in [6.07, 6.45) is -2.15. The molecule has 0 radical (unpaired) electrons. The number of ketones is 1. The Hall–Kier alpha value is -3.82. The molecule has 37 heavy (non-hydrogen) atoms. The summed E-state index contributed by atoms with van der Waals surface area (Å²) < 4.78 is 55.6. The predicted octanol–water partition coefficient (Wildman–Crippen LogP) is 7.30. The van der Waals surface area contributed by atoms with E-state index in [1.807, 2.05) is 0 Å². The van der Waals surface area contributed by atoms with Crippen LogP contribution in [0.5, 0.6) is 5.75 Å². The molecule has 0 bridgehead atoms. The molecule has 188 valence electrons. The van der Waals surface area contributed by atoms with Crippen LogP contribution in [-0.2, 0) is 12.7 Å². The topological polar surface area (TPSA) is 70.2 Å². The lowest BCUT2D eigenvalue weighted by molar-refractivity contribution is -0.143. The minimum Gasteiger partial charge on any atom is -0.497 e. The van der Waals surface area contributed by atoms with E-state index in [1.54, 1.807) is 18.2 Å². The third kappa shape index (κ3) is 4.68. The van der Waals surface area contributed by atoms with Gasteiger partial charge in [0.05, 0.1) is 18.9 Å². The minimum absolute atomic E-state index is 0.0272. The Balaban J connectivity index is 1.73. The number of ether oxygens (including phenoxy) is 1. The number of fused-ring (bicyclic) bond motifs is 1. The van der Waals surface area contributed by atoms with Crippen LogP contribution >= 0.6 is 23.2 Å². The third-order valence-corrected chi connectivity index (χ3v) is 6.31. The van der Waals surface area contributed by atoms with Gasteiger partial charge < -0.3 is 13.7 Å². The highest BCUT2D eigenvalue weighted by atomic mass is 35.5. The zero-order chi connectivity index (χ0) is 26.3. The molecule has 0 N–H and O–H groups in total. The average Bonchev–Trinajstić information content (AvgIpc) is 3.49. The summed E-state index contributed by atoms with van der Waals surface area (Å²) in [6, 6.07) is 13.9. The molecule has 6 nitrogen and oxygen atoms in total. The highest BCUT2D eigenvalue weighted by Crippen LogP contribution is 2.41. The standard InChI is InChI=1S/C26H16Cl2F3N3O3/c1-36-16-7-8-20-17(11-16)22(23(35)25-33-12-21(37-25)19-4-2-3-9-32-19)24(26(29,30)31)34(20)13-14-5-6-15(27)10-18(14)28/h2-12H,13H2,1H3. The van der Waals surface area contributed by atoms with E-state index < -0.39 is 29.1 Å². The normalized spacial score (nSPS) is 11.7. The Kier molecular flexibility index (Phi) is 6.43. The number of hydrogen-bond donors (Lipinski definition) is 0. The molecule has 0 atom stereocenters. The second-order valence-corrected chi connectivity index (χ2v) is 8.84. The first kappa shape index (κ1) is 24.9. The van der Waals surface area contributed by atoms with Gasteiger partial charge in [0.2, 0.25) is 0 Å². The zero-order valence-electron chi connectivity index (χ0n) is 19.0. The fraction of sp³-hybridized carbons (Fsp3) is 0.115. The van der Waals surface area contributed by atoms with Gasteiger partial charge in [0, 0.05) is 33.7 Å². The maximum Gasteiger partial charge on any atom is 0.432 e. The molecule has 0 unspecified atom stereocenters. The fourth-order valence-corrected chi connectivity index (χ4v) is 4.55. The molecule has 5 rings (SSSR count). The molecule has 11 heteroatoms. The molecule has 0 aliphatic rings. The van der Waals surface area contributed by atoms with Crippen LogP contribution < -0.4 is 4.74 Å². The number of alkyl halides is 3. The van der Waals surface area contributed by atoms with Gasteiger partial charge in [-0.3, -0.25) is 9.78 Å². The monoisotopic (exact) mass is 545 g/mol. The van der Waals surface area contributed by atoms with Gasteiger partial charge in [-0.05, 0) is 48.0 Å². The van der Waals surface area contributed by atoms with Gasteiger partial charge in [0.25, 0.3) is 11.7 Å². The number of carbonyl (C=O) groups is 1. The van der Waals surface area contributed by atoms with Crippen molar-refractivity contribution in [2.75, 3.05) is 7.11 Å². The van der Waals surface area contributed by atoms with Crippen LogP contribution in [0.15, 0.2) is 71.4 Å². The number of pyridine rings is 1. The van der Waals surface area contributed by atoms with Gasteiger partial charge in [0.1, 0.15) is 17.1 Å². The van der Waals surface area contributed by atoms with Crippen molar-refractivity contribution in [3.05, 3.63) is 99.7 Å². The Bertz CT molecular complexity index is 1630. The summed E-state index contributed by atoms with van der Waals surface area (Å²) >= 11 is 12.2. The van der Waals surface area contributed by atoms with Crippen LogP contribution in [0.2, 0.25) is 10.0 Å². The summed E-state index contributed by atoms with van der Waals surface area (Å²) in [4.78, 5) is 21.7. The number of oxazole rings is 1. The van der Waals surface area contributed by atoms with Gasteiger partial charge in [-0.1, -0.05) is 35.3 Å². The van der Waals surface area contributed by atoms with Crippen molar-refractivity contribution in [1.29, 1.82) is 0 Å². The van der Waals surface area contributed by atoms with Crippen LogP contribution in [0.25, 0.3) is 22.4 Å². The van der Waals surface area contributed by atoms with Crippen LogP contribution in [0, 0.1) is 0 Å². The lowest BCUT2D eigenvalue weighted by Crippen LogP contribution is -2.19. The van der Waals surface area contributed by atoms with Gasteiger partial charge in [-0.25, -0.2) is 4.98 Å². The number of carbonyl (C=O) groups excluding carboxylic acids is 1. The molecule has 2 aromatic carbocycles. The quantitative estimate of drug-likeness (QED) is 0.209. The summed E-state index contributed by atoms with van der Waals surface area (Å²) in [6.45, 7) is -0.272. The highest BCUT2D eigenvalue weighted by Gasteiger charge is 2.42. The lowest BCUT2D eigenvalue weighted by Gasteiger charge is -2.15. The molecular weight excluding hydrogens is 530 g/mol.